The van der Waals surface area contributed by atoms with E-state index in [9.17, 15) is 9.90 Å². The van der Waals surface area contributed by atoms with Crippen LogP contribution in [-0.4, -0.2) is 15.1 Å². The third-order valence-electron chi connectivity index (χ3n) is 2.82. The molecule has 16 heavy (non-hydrogen) atoms. The Balaban J connectivity index is 2.68. The average Bonchev–Trinajstić information content (AvgIpc) is 2.63. The minimum absolute atomic E-state index is 0.141. The molecule has 0 aliphatic rings. The number of rotatable bonds is 0. The molecule has 0 saturated carbocycles. The fourth-order valence-electron chi connectivity index (χ4n) is 2.03. The maximum absolute atomic E-state index is 11.8. The first-order valence-electron chi connectivity index (χ1n) is 4.99. The highest BCUT2D eigenvalue weighted by Crippen LogP contribution is 2.26. The van der Waals surface area contributed by atoms with Crippen LogP contribution in [0.4, 0.5) is 0 Å². The number of nitrogens with one attached hydrogen (secondary N) is 2. The number of aromatic hydroxyl groups is 1. The van der Waals surface area contributed by atoms with Crippen LogP contribution < -0.4 is 5.56 Å². The van der Waals surface area contributed by atoms with Crippen LogP contribution in [0.25, 0.3) is 21.8 Å². The topological polar surface area (TPSA) is 68.9 Å². The lowest BCUT2D eigenvalue weighted by atomic mass is 10.1. The molecule has 0 amide bonds. The zero-order valence-electron chi connectivity index (χ0n) is 8.66. The van der Waals surface area contributed by atoms with E-state index in [0.29, 0.717) is 5.39 Å². The highest BCUT2D eigenvalue weighted by Gasteiger charge is 2.09. The number of H-pyrrole nitrogens is 2. The minimum atomic E-state index is -0.141. The number of phenolic OH excluding ortho intramolecular Hbond substituents is 1. The summed E-state index contributed by atoms with van der Waals surface area (Å²) in [6.07, 6.45) is 1.68. The van der Waals surface area contributed by atoms with Crippen molar-refractivity contribution >= 4 is 21.8 Å². The van der Waals surface area contributed by atoms with Crippen LogP contribution in [-0.2, 0) is 0 Å². The van der Waals surface area contributed by atoms with Gasteiger partial charge >= 0.3 is 0 Å². The van der Waals surface area contributed by atoms with Gasteiger partial charge < -0.3 is 15.1 Å². The lowest BCUT2D eigenvalue weighted by molar-refractivity contribution is 0.476. The summed E-state index contributed by atoms with van der Waals surface area (Å²) < 4.78 is 0. The molecule has 0 unspecified atom stereocenters. The van der Waals surface area contributed by atoms with Gasteiger partial charge in [0, 0.05) is 17.1 Å². The number of phenols is 1. The van der Waals surface area contributed by atoms with Gasteiger partial charge in [-0.25, -0.2) is 0 Å². The Morgan fingerprint density at radius 1 is 1.31 bits per heavy atom. The van der Waals surface area contributed by atoms with E-state index >= 15 is 0 Å². The highest BCUT2D eigenvalue weighted by atomic mass is 16.3. The zero-order chi connectivity index (χ0) is 11.3. The molecule has 3 aromatic rings. The summed E-state index contributed by atoms with van der Waals surface area (Å²) in [5, 5.41) is 10.8. The van der Waals surface area contributed by atoms with E-state index in [1.165, 1.54) is 0 Å². The number of hydrogen-bond donors (Lipinski definition) is 3. The van der Waals surface area contributed by atoms with E-state index in [2.05, 4.69) is 9.97 Å². The molecule has 3 rings (SSSR count). The van der Waals surface area contributed by atoms with Gasteiger partial charge in [0.25, 0.3) is 5.56 Å². The van der Waals surface area contributed by atoms with Gasteiger partial charge in [-0.1, -0.05) is 0 Å². The van der Waals surface area contributed by atoms with E-state index in [4.69, 9.17) is 0 Å². The summed E-state index contributed by atoms with van der Waals surface area (Å²) in [5.41, 5.74) is 2.51. The van der Waals surface area contributed by atoms with Gasteiger partial charge in [-0.3, -0.25) is 4.79 Å². The molecule has 0 radical (unpaired) electrons. The van der Waals surface area contributed by atoms with Crippen molar-refractivity contribution in [1.29, 1.82) is 0 Å². The van der Waals surface area contributed by atoms with Crippen LogP contribution in [0.15, 0.2) is 29.2 Å². The van der Waals surface area contributed by atoms with Crippen molar-refractivity contribution in [3.63, 3.8) is 0 Å². The van der Waals surface area contributed by atoms with Crippen LogP contribution >= 0.6 is 0 Å². The third kappa shape index (κ3) is 1.07. The Labute approximate surface area is 90.5 Å². The van der Waals surface area contributed by atoms with E-state index in [0.717, 1.165) is 22.0 Å². The molecule has 0 atom stereocenters. The SMILES string of the molecule is Cc1c[nH]c(=O)c2c1[nH]c1ccc(O)cc12. The van der Waals surface area contributed by atoms with Crippen molar-refractivity contribution < 1.29 is 5.11 Å². The first-order chi connectivity index (χ1) is 7.66. The average molecular weight is 214 g/mol. The molecule has 80 valence electrons. The number of aryl methyl sites for hydroxylation is 1. The van der Waals surface area contributed by atoms with Crippen molar-refractivity contribution in [2.75, 3.05) is 0 Å². The van der Waals surface area contributed by atoms with E-state index < -0.39 is 0 Å². The van der Waals surface area contributed by atoms with Crippen molar-refractivity contribution in [2.45, 2.75) is 6.92 Å². The van der Waals surface area contributed by atoms with Crippen molar-refractivity contribution in [3.05, 3.63) is 40.3 Å². The molecule has 3 N–H and O–H groups in total. The Morgan fingerprint density at radius 2 is 2.12 bits per heavy atom. The van der Waals surface area contributed by atoms with E-state index in [-0.39, 0.29) is 11.3 Å². The molecule has 1 aromatic carbocycles. The van der Waals surface area contributed by atoms with E-state index in [1.54, 1.807) is 24.4 Å². The molecule has 2 heterocycles. The Kier molecular flexibility index (Phi) is 1.63. The standard InChI is InChI=1S/C12H10N2O2/c1-6-5-13-12(16)10-8-4-7(15)2-3-9(8)14-11(6)10/h2-5,14-15H,1H3,(H,13,16). The summed E-state index contributed by atoms with van der Waals surface area (Å²) in [7, 11) is 0. The lowest BCUT2D eigenvalue weighted by Gasteiger charge is -1.94. The molecule has 0 bridgehead atoms. The van der Waals surface area contributed by atoms with Crippen molar-refractivity contribution in [1.82, 2.24) is 9.97 Å². The molecule has 2 aromatic heterocycles. The number of aromatic amines is 2. The Hall–Kier alpha value is -2.23. The highest BCUT2D eigenvalue weighted by molar-refractivity contribution is 6.08. The lowest BCUT2D eigenvalue weighted by Crippen LogP contribution is -2.04. The zero-order valence-corrected chi connectivity index (χ0v) is 8.66. The summed E-state index contributed by atoms with van der Waals surface area (Å²) in [4.78, 5) is 17.6. The molecule has 4 nitrogen and oxygen atoms in total. The normalized spacial score (nSPS) is 11.3. The monoisotopic (exact) mass is 214 g/mol. The van der Waals surface area contributed by atoms with Crippen molar-refractivity contribution in [2.24, 2.45) is 0 Å². The van der Waals surface area contributed by atoms with Crippen LogP contribution in [0, 0.1) is 6.92 Å². The van der Waals surface area contributed by atoms with Gasteiger partial charge in [-0.2, -0.15) is 0 Å². The van der Waals surface area contributed by atoms with Crippen molar-refractivity contribution in [3.8, 4) is 5.75 Å². The smallest absolute Gasteiger partial charge is 0.258 e. The van der Waals surface area contributed by atoms with Gasteiger partial charge in [0.2, 0.25) is 0 Å². The van der Waals surface area contributed by atoms with Crippen LogP contribution in [0.1, 0.15) is 5.56 Å². The number of pyridine rings is 1. The minimum Gasteiger partial charge on any atom is -0.508 e. The second-order valence-electron chi connectivity index (χ2n) is 3.91. The molecular formula is C12H10N2O2. The quantitative estimate of drug-likeness (QED) is 0.536. The van der Waals surface area contributed by atoms with Crippen LogP contribution in [0.3, 0.4) is 0 Å². The molecule has 0 fully saturated rings. The van der Waals surface area contributed by atoms with Gasteiger partial charge in [0.15, 0.2) is 0 Å². The summed E-state index contributed by atoms with van der Waals surface area (Å²) in [6.45, 7) is 1.92. The Morgan fingerprint density at radius 3 is 2.94 bits per heavy atom. The second-order valence-corrected chi connectivity index (χ2v) is 3.91. The number of aromatic nitrogens is 2. The fourth-order valence-corrected chi connectivity index (χ4v) is 2.03. The summed E-state index contributed by atoms with van der Waals surface area (Å²) in [5.74, 6) is 0.161. The molecule has 0 spiro atoms. The molecule has 0 saturated heterocycles. The number of hydrogen-bond acceptors (Lipinski definition) is 2. The van der Waals surface area contributed by atoms with Gasteiger partial charge in [-0.15, -0.1) is 0 Å². The summed E-state index contributed by atoms with van der Waals surface area (Å²) in [6, 6.07) is 4.97. The maximum atomic E-state index is 11.8. The van der Waals surface area contributed by atoms with Gasteiger partial charge in [0.05, 0.1) is 10.9 Å². The summed E-state index contributed by atoms with van der Waals surface area (Å²) >= 11 is 0. The van der Waals surface area contributed by atoms with Crippen LogP contribution in [0.2, 0.25) is 0 Å². The largest absolute Gasteiger partial charge is 0.508 e. The van der Waals surface area contributed by atoms with Crippen LogP contribution in [0.5, 0.6) is 5.75 Å². The fraction of sp³-hybridized carbons (Fsp3) is 0.0833. The number of fused-ring (bicyclic) bond motifs is 3. The molecule has 0 aliphatic heterocycles. The number of benzene rings is 1. The maximum Gasteiger partial charge on any atom is 0.258 e. The first-order valence-corrected chi connectivity index (χ1v) is 4.99. The molecule has 4 heteroatoms. The Bertz CT molecular complexity index is 753. The predicted molar refractivity (Wildman–Crippen MR) is 62.8 cm³/mol. The second kappa shape index (κ2) is 2.88. The molecular weight excluding hydrogens is 204 g/mol. The first kappa shape index (κ1) is 9.03. The molecule has 0 aliphatic carbocycles. The predicted octanol–water partition coefficient (Wildman–Crippen LogP) is 2.02. The third-order valence-corrected chi connectivity index (χ3v) is 2.82. The van der Waals surface area contributed by atoms with Gasteiger partial charge in [0.1, 0.15) is 5.75 Å². The van der Waals surface area contributed by atoms with Gasteiger partial charge in [-0.05, 0) is 30.7 Å². The van der Waals surface area contributed by atoms with E-state index in [1.807, 2.05) is 6.92 Å².